The fraction of sp³-hybridized carbons (Fsp3) is 0.136. The monoisotopic (exact) mass is 614 g/mol. The fourth-order valence-corrected chi connectivity index (χ4v) is 2.73. The second-order valence-corrected chi connectivity index (χ2v) is 7.56. The minimum absolute atomic E-state index is 0. The van der Waals surface area contributed by atoms with Crippen LogP contribution in [-0.4, -0.2) is 41.0 Å². The van der Waals surface area contributed by atoms with Gasteiger partial charge in [0, 0.05) is 22.4 Å². The van der Waals surface area contributed by atoms with E-state index in [1.54, 1.807) is 56.3 Å². The third-order valence-electron chi connectivity index (χ3n) is 4.47. The van der Waals surface area contributed by atoms with E-state index in [4.69, 9.17) is 34.4 Å². The van der Waals surface area contributed by atoms with E-state index in [1.807, 2.05) is 0 Å². The van der Waals surface area contributed by atoms with Crippen LogP contribution in [0.25, 0.3) is 0 Å². The molecule has 0 aliphatic rings. The van der Waals surface area contributed by atoms with Crippen LogP contribution in [0.1, 0.15) is 42.3 Å². The highest BCUT2D eigenvalue weighted by atomic mass is 35.5. The predicted molar refractivity (Wildman–Crippen MR) is 170 cm³/mol. The molecule has 0 bridgehead atoms. The molecule has 0 aromatic heterocycles. The lowest BCUT2D eigenvalue weighted by molar-refractivity contribution is 0.101. The maximum absolute atomic E-state index is 11.6. The third kappa shape index (κ3) is 12.8. The Morgan fingerprint density at radius 1 is 0.650 bits per heavy atom. The van der Waals surface area contributed by atoms with Crippen molar-refractivity contribution in [3.05, 3.63) is 59.2 Å². The fourth-order valence-electron chi connectivity index (χ4n) is 2.73. The molecule has 0 atom stereocenters. The first-order valence-electron chi connectivity index (χ1n) is 10.7. The zero-order chi connectivity index (χ0) is 27.5. The number of nitrogens with zero attached hydrogens (tertiary/aromatic N) is 6. The largest absolute Gasteiger partial charge is 0.369 e. The number of halogens is 3. The molecule has 0 radical (unpaired) electrons. The molecule has 0 saturated carbocycles. The summed E-state index contributed by atoms with van der Waals surface area (Å²) < 4.78 is 0. The van der Waals surface area contributed by atoms with Gasteiger partial charge in [-0.1, -0.05) is 0 Å². The molecule has 18 heteroatoms. The molecule has 2 aromatic rings. The van der Waals surface area contributed by atoms with Crippen LogP contribution in [0.4, 0.5) is 11.4 Å². The Morgan fingerprint density at radius 3 is 1.52 bits per heavy atom. The van der Waals surface area contributed by atoms with Crippen LogP contribution in [0.15, 0.2) is 73.0 Å². The first kappa shape index (κ1) is 37.6. The maximum Gasteiger partial charge on any atom is 0.222 e. The average molecular weight is 616 g/mol. The second-order valence-electron chi connectivity index (χ2n) is 7.56. The van der Waals surface area contributed by atoms with Crippen LogP contribution in [0, 0.1) is 0 Å². The van der Waals surface area contributed by atoms with Crippen LogP contribution < -0.4 is 45.1 Å². The molecular formula is C22H33Cl3N14O. The summed E-state index contributed by atoms with van der Waals surface area (Å²) in [6.07, 6.45) is 0. The summed E-state index contributed by atoms with van der Waals surface area (Å²) in [6, 6.07) is 12.0. The molecule has 0 heterocycles. The molecule has 0 saturated heterocycles. The number of rotatable bonds is 8. The van der Waals surface area contributed by atoms with Crippen LogP contribution in [0.2, 0.25) is 0 Å². The maximum atomic E-state index is 11.6. The van der Waals surface area contributed by atoms with Gasteiger partial charge in [0.2, 0.25) is 23.8 Å². The van der Waals surface area contributed by atoms with Crippen molar-refractivity contribution in [1.82, 2.24) is 5.43 Å². The Balaban J connectivity index is 0. The van der Waals surface area contributed by atoms with Gasteiger partial charge in [-0.3, -0.25) is 4.79 Å². The smallest absolute Gasteiger partial charge is 0.222 e. The zero-order valence-electron chi connectivity index (χ0n) is 21.8. The number of guanidine groups is 4. The Hall–Kier alpha value is -4.60. The van der Waals surface area contributed by atoms with E-state index in [-0.39, 0.29) is 66.8 Å². The minimum Gasteiger partial charge on any atom is -0.369 e. The topological polar surface area (TPSA) is 271 Å². The number of hydrazone groups is 1. The quantitative estimate of drug-likeness (QED) is 0.0909. The Labute approximate surface area is 249 Å². The molecule has 0 spiro atoms. The second kappa shape index (κ2) is 17.8. The van der Waals surface area contributed by atoms with Crippen molar-refractivity contribution in [2.45, 2.75) is 20.8 Å². The van der Waals surface area contributed by atoms with E-state index in [9.17, 15) is 4.79 Å². The number of benzene rings is 2. The molecule has 2 aromatic carbocycles. The summed E-state index contributed by atoms with van der Waals surface area (Å²) >= 11 is 0. The van der Waals surface area contributed by atoms with Crippen LogP contribution >= 0.6 is 37.2 Å². The van der Waals surface area contributed by atoms with Gasteiger partial charge in [-0.15, -0.1) is 52.5 Å². The predicted octanol–water partition coefficient (Wildman–Crippen LogP) is 1.03. The number of carbonyl (C=O) groups is 1. The van der Waals surface area contributed by atoms with Gasteiger partial charge in [0.25, 0.3) is 0 Å². The highest BCUT2D eigenvalue weighted by molar-refractivity contribution is 6.07. The molecular weight excluding hydrogens is 583 g/mol. The van der Waals surface area contributed by atoms with Crippen molar-refractivity contribution in [1.29, 1.82) is 0 Å². The number of hydrogen-bond acceptors (Lipinski definition) is 7. The summed E-state index contributed by atoms with van der Waals surface area (Å²) in [5.74, 6) is -0.481. The lowest BCUT2D eigenvalue weighted by Crippen LogP contribution is -2.32. The van der Waals surface area contributed by atoms with Crippen LogP contribution in [-0.2, 0) is 0 Å². The number of ketones is 1. The van der Waals surface area contributed by atoms with Crippen LogP contribution in [0.3, 0.4) is 0 Å². The Kier molecular flexibility index (Phi) is 16.7. The number of nitrogens with one attached hydrogen (secondary N) is 2. The lowest BCUT2D eigenvalue weighted by Gasteiger charge is -2.13. The molecule has 0 amide bonds. The Bertz CT molecular complexity index is 1270. The van der Waals surface area contributed by atoms with Crippen molar-refractivity contribution >= 4 is 89.6 Å². The van der Waals surface area contributed by atoms with Crippen LogP contribution in [0.5, 0.6) is 0 Å². The van der Waals surface area contributed by atoms with Gasteiger partial charge >= 0.3 is 0 Å². The van der Waals surface area contributed by atoms with Gasteiger partial charge in [0.05, 0.1) is 17.1 Å². The Morgan fingerprint density at radius 2 is 1.12 bits per heavy atom. The number of hydrogen-bond donors (Lipinski definition) is 8. The third-order valence-corrected chi connectivity index (χ3v) is 4.47. The van der Waals surface area contributed by atoms with Gasteiger partial charge in [-0.25, -0.2) is 10.4 Å². The van der Waals surface area contributed by atoms with Crippen molar-refractivity contribution in [3.8, 4) is 0 Å². The highest BCUT2D eigenvalue weighted by Crippen LogP contribution is 2.19. The number of anilines is 1. The minimum atomic E-state index is -0.212. The SMILES string of the molecule is CC(=O)c1ccc(N=C(NN=C(N)N)Nc2cc(C(C)=NN=C(N)N)cc(C(C)=NN=C(N)N)c2)cc1.Cl.Cl.Cl. The lowest BCUT2D eigenvalue weighted by atomic mass is 10.0. The van der Waals surface area contributed by atoms with Gasteiger partial charge < -0.3 is 39.7 Å². The van der Waals surface area contributed by atoms with Crippen molar-refractivity contribution < 1.29 is 4.79 Å². The molecule has 0 aliphatic carbocycles. The van der Waals surface area contributed by atoms with Crippen molar-refractivity contribution in [2.24, 2.45) is 64.9 Å². The molecule has 0 unspecified atom stereocenters. The highest BCUT2D eigenvalue weighted by Gasteiger charge is 2.10. The standard InChI is InChI=1S/C22H30N14O.3ClH/c1-11(31-33-19(23)24)15-8-16(12(2)32-34-20(25)26)10-18(9-15)30-22(36-35-21(27)28)29-17-6-4-14(5-7-17)13(3)37;;;/h4-10H,1-3H3,(H4,23,24,33)(H4,25,26,34)(H4,27,28,35)(H2,29,30,36);3*1H. The molecule has 0 fully saturated rings. The van der Waals surface area contributed by atoms with E-state index < -0.39 is 0 Å². The van der Waals surface area contributed by atoms with Crippen molar-refractivity contribution in [2.75, 3.05) is 5.32 Å². The summed E-state index contributed by atoms with van der Waals surface area (Å²) in [5.41, 5.74) is 39.1. The van der Waals surface area contributed by atoms with E-state index >= 15 is 0 Å². The van der Waals surface area contributed by atoms with E-state index in [1.165, 1.54) is 6.92 Å². The molecule has 15 nitrogen and oxygen atoms in total. The molecule has 40 heavy (non-hydrogen) atoms. The van der Waals surface area contributed by atoms with E-state index in [2.05, 4.69) is 41.2 Å². The number of carbonyl (C=O) groups excluding carboxylic acids is 1. The van der Waals surface area contributed by atoms with Gasteiger partial charge in [-0.05, 0) is 63.2 Å². The van der Waals surface area contributed by atoms with Gasteiger partial charge in [0.1, 0.15) is 0 Å². The van der Waals surface area contributed by atoms with Crippen molar-refractivity contribution in [3.63, 3.8) is 0 Å². The zero-order valence-corrected chi connectivity index (χ0v) is 24.3. The molecule has 2 rings (SSSR count). The van der Waals surface area contributed by atoms with E-state index in [0.717, 1.165) is 0 Å². The first-order valence-corrected chi connectivity index (χ1v) is 10.7. The molecule has 14 N–H and O–H groups in total. The summed E-state index contributed by atoms with van der Waals surface area (Å²) in [6.45, 7) is 4.93. The summed E-state index contributed by atoms with van der Waals surface area (Å²) in [5, 5.41) is 22.4. The van der Waals surface area contributed by atoms with E-state index in [0.29, 0.717) is 39.5 Å². The average Bonchev–Trinajstić information content (AvgIpc) is 2.84. The molecule has 0 aliphatic heterocycles. The number of nitrogens with two attached hydrogens (primary N) is 6. The summed E-state index contributed by atoms with van der Waals surface area (Å²) in [7, 11) is 0. The normalized spacial score (nSPS) is 10.9. The molecule has 218 valence electrons. The number of Topliss-reactive ketones (excluding diaryl/α,β-unsaturated/α-hetero) is 1. The number of aliphatic imine (C=N–C) groups is 1. The summed E-state index contributed by atoms with van der Waals surface area (Å²) in [4.78, 5) is 16.1. The van der Waals surface area contributed by atoms with Gasteiger partial charge in [-0.2, -0.15) is 10.2 Å². The first-order chi connectivity index (χ1) is 17.4. The van der Waals surface area contributed by atoms with Gasteiger partial charge in [0.15, 0.2) is 5.78 Å².